The third kappa shape index (κ3) is 7.25. The van der Waals surface area contributed by atoms with Gasteiger partial charge in [0.2, 0.25) is 0 Å². The molecule has 0 bridgehead atoms. The van der Waals surface area contributed by atoms with Crippen LogP contribution in [-0.4, -0.2) is 44.5 Å². The van der Waals surface area contributed by atoms with Crippen molar-refractivity contribution in [2.75, 3.05) is 0 Å². The van der Waals surface area contributed by atoms with Gasteiger partial charge in [-0.1, -0.05) is 0 Å². The highest BCUT2D eigenvalue weighted by Crippen LogP contribution is 2.13. The quantitative estimate of drug-likeness (QED) is 0.256. The van der Waals surface area contributed by atoms with Crippen LogP contribution in [0.3, 0.4) is 0 Å². The Morgan fingerprint density at radius 2 is 1.15 bits per heavy atom. The first-order chi connectivity index (χ1) is 5.62. The monoisotopic (exact) mass is 194 g/mol. The normalized spacial score (nSPS) is 9.62. The van der Waals surface area contributed by atoms with Gasteiger partial charge in [-0.25, -0.2) is 0 Å². The van der Waals surface area contributed by atoms with Crippen LogP contribution in [0.5, 0.6) is 0 Å². The third-order valence-electron chi connectivity index (χ3n) is 1.07. The summed E-state index contributed by atoms with van der Waals surface area (Å²) in [5.74, 6) is -2.65. The summed E-state index contributed by atoms with van der Waals surface area (Å²) in [6.45, 7) is 2.27. The van der Waals surface area contributed by atoms with Crippen LogP contribution in [0, 0.1) is 5.41 Å². The van der Waals surface area contributed by atoms with Gasteiger partial charge in [0.15, 0.2) is 5.41 Å². The number of rotatable bonds is 2. The van der Waals surface area contributed by atoms with Crippen LogP contribution in [-0.2, 0) is 9.59 Å². The summed E-state index contributed by atoms with van der Waals surface area (Å²) >= 11 is 0. The van der Waals surface area contributed by atoms with Gasteiger partial charge in [-0.2, -0.15) is 0 Å². The molecule has 0 amide bonds. The highest BCUT2D eigenvalue weighted by molar-refractivity contribution is 6.30. The molecule has 0 saturated heterocycles. The summed E-state index contributed by atoms with van der Waals surface area (Å²) in [4.78, 5) is 20.2. The maximum Gasteiger partial charge on any atom is 0.631 e. The Morgan fingerprint density at radius 1 is 1.00 bits per heavy atom. The maximum absolute atomic E-state index is 10.1. The minimum atomic E-state index is -2.17. The molecule has 0 aliphatic heterocycles. The van der Waals surface area contributed by atoms with Crippen molar-refractivity contribution in [1.29, 1.82) is 0 Å². The molecule has 0 rings (SSSR count). The van der Waals surface area contributed by atoms with Gasteiger partial charge in [-0.05, 0) is 13.8 Å². The number of carboxylic acid groups (broad SMARTS) is 2. The Balaban J connectivity index is 0. The average molecular weight is 194 g/mol. The van der Waals surface area contributed by atoms with Gasteiger partial charge in [0.25, 0.3) is 0 Å². The van der Waals surface area contributed by atoms with E-state index in [0.717, 1.165) is 13.8 Å². The smallest absolute Gasteiger partial charge is 0.480 e. The van der Waals surface area contributed by atoms with Gasteiger partial charge in [0.1, 0.15) is 0 Å². The standard InChI is InChI=1S/C5H8O4.BH3O3/c1-5(2,3(6)7)4(8)9;2-1(3)4/h1-2H3,(H,6,7)(H,8,9);2-4H. The fraction of sp³-hybridized carbons (Fsp3) is 0.600. The molecule has 0 aromatic carbocycles. The molecule has 0 aliphatic rings. The first-order valence-electron chi connectivity index (χ1n) is 3.13. The van der Waals surface area contributed by atoms with Gasteiger partial charge in [0.05, 0.1) is 0 Å². The van der Waals surface area contributed by atoms with Gasteiger partial charge < -0.3 is 25.3 Å². The molecule has 0 spiro atoms. The van der Waals surface area contributed by atoms with E-state index in [9.17, 15) is 9.59 Å². The molecule has 0 fully saturated rings. The zero-order valence-corrected chi connectivity index (χ0v) is 7.13. The molecule has 0 unspecified atom stereocenters. The van der Waals surface area contributed by atoms with E-state index in [1.54, 1.807) is 0 Å². The predicted octanol–water partition coefficient (Wildman–Crippen LogP) is -1.87. The minimum Gasteiger partial charge on any atom is -0.480 e. The van der Waals surface area contributed by atoms with Crippen LogP contribution in [0.4, 0.5) is 0 Å². The van der Waals surface area contributed by atoms with Crippen LogP contribution in [0.1, 0.15) is 13.8 Å². The fourth-order valence-corrected chi connectivity index (χ4v) is 0.0915. The van der Waals surface area contributed by atoms with Crippen LogP contribution in [0.15, 0.2) is 0 Å². The molecule has 0 heterocycles. The lowest BCUT2D eigenvalue weighted by molar-refractivity contribution is -0.161. The van der Waals surface area contributed by atoms with Gasteiger partial charge in [0, 0.05) is 0 Å². The number of hydrogen-bond donors (Lipinski definition) is 5. The summed E-state index contributed by atoms with van der Waals surface area (Å²) < 4.78 is 0. The Morgan fingerprint density at radius 3 is 1.15 bits per heavy atom. The van der Waals surface area contributed by atoms with Gasteiger partial charge >= 0.3 is 19.3 Å². The second-order valence-electron chi connectivity index (χ2n) is 2.58. The Labute approximate surface area is 74.4 Å². The van der Waals surface area contributed by atoms with Crippen LogP contribution in [0.2, 0.25) is 0 Å². The summed E-state index contributed by atoms with van der Waals surface area (Å²) in [7, 11) is -2.17. The van der Waals surface area contributed by atoms with Crippen molar-refractivity contribution in [1.82, 2.24) is 0 Å². The van der Waals surface area contributed by atoms with Crippen molar-refractivity contribution in [3.05, 3.63) is 0 Å². The Bertz CT molecular complexity index is 169. The molecule has 0 radical (unpaired) electrons. The maximum atomic E-state index is 10.1. The molecular formula is C5H11BO7. The zero-order valence-electron chi connectivity index (χ0n) is 7.13. The Kier molecular flexibility index (Phi) is 6.12. The summed E-state index contributed by atoms with van der Waals surface area (Å²) in [6.07, 6.45) is 0. The van der Waals surface area contributed by atoms with E-state index in [-0.39, 0.29) is 0 Å². The van der Waals surface area contributed by atoms with Crippen molar-refractivity contribution in [3.63, 3.8) is 0 Å². The largest absolute Gasteiger partial charge is 0.631 e. The van der Waals surface area contributed by atoms with E-state index in [1.807, 2.05) is 0 Å². The average Bonchev–Trinajstić information content (AvgIpc) is 1.85. The van der Waals surface area contributed by atoms with Crippen molar-refractivity contribution in [3.8, 4) is 0 Å². The first kappa shape index (κ1) is 14.4. The Hall–Kier alpha value is -1.12. The molecule has 0 saturated carbocycles. The predicted molar refractivity (Wildman–Crippen MR) is 41.5 cm³/mol. The number of aliphatic carboxylic acids is 2. The lowest BCUT2D eigenvalue weighted by Gasteiger charge is -2.10. The highest BCUT2D eigenvalue weighted by atomic mass is 16.5. The lowest BCUT2D eigenvalue weighted by Crippen LogP contribution is -2.32. The lowest BCUT2D eigenvalue weighted by atomic mass is 9.95. The van der Waals surface area contributed by atoms with E-state index < -0.39 is 24.7 Å². The van der Waals surface area contributed by atoms with E-state index >= 15 is 0 Å². The molecule has 8 heteroatoms. The first-order valence-corrected chi connectivity index (χ1v) is 3.13. The number of carboxylic acids is 2. The van der Waals surface area contributed by atoms with Crippen LogP contribution in [0.25, 0.3) is 0 Å². The molecule has 76 valence electrons. The van der Waals surface area contributed by atoms with Crippen molar-refractivity contribution >= 4 is 19.3 Å². The highest BCUT2D eigenvalue weighted by Gasteiger charge is 2.35. The molecule has 13 heavy (non-hydrogen) atoms. The number of carbonyl (C=O) groups is 2. The fourth-order valence-electron chi connectivity index (χ4n) is 0.0915. The second-order valence-corrected chi connectivity index (χ2v) is 2.58. The van der Waals surface area contributed by atoms with E-state index in [1.165, 1.54) is 0 Å². The van der Waals surface area contributed by atoms with Gasteiger partial charge in [-0.15, -0.1) is 0 Å². The molecule has 5 N–H and O–H groups in total. The molecule has 0 aromatic heterocycles. The molecule has 0 atom stereocenters. The van der Waals surface area contributed by atoms with Crippen LogP contribution >= 0.6 is 0 Å². The summed E-state index contributed by atoms with van der Waals surface area (Å²) in [6, 6.07) is 0. The van der Waals surface area contributed by atoms with Crippen molar-refractivity contribution in [2.24, 2.45) is 5.41 Å². The molecule has 7 nitrogen and oxygen atoms in total. The zero-order chi connectivity index (χ0) is 11.2. The number of hydrogen-bond acceptors (Lipinski definition) is 5. The molecular weight excluding hydrogens is 183 g/mol. The molecule has 0 aromatic rings. The summed E-state index contributed by atoms with van der Waals surface area (Å²) in [5.41, 5.74) is -1.67. The third-order valence-corrected chi connectivity index (χ3v) is 1.07. The van der Waals surface area contributed by atoms with Crippen LogP contribution < -0.4 is 0 Å². The van der Waals surface area contributed by atoms with Crippen molar-refractivity contribution < 1.29 is 34.9 Å². The minimum absolute atomic E-state index is 1.14. The molecule has 0 aliphatic carbocycles. The second kappa shape index (κ2) is 5.52. The van der Waals surface area contributed by atoms with E-state index in [4.69, 9.17) is 25.3 Å². The van der Waals surface area contributed by atoms with E-state index in [2.05, 4.69) is 0 Å². The van der Waals surface area contributed by atoms with Gasteiger partial charge in [-0.3, -0.25) is 9.59 Å². The van der Waals surface area contributed by atoms with E-state index in [0.29, 0.717) is 0 Å². The topological polar surface area (TPSA) is 135 Å². The SMILES string of the molecule is CC(C)(C(=O)O)C(=O)O.OB(O)O. The van der Waals surface area contributed by atoms with Crippen molar-refractivity contribution in [2.45, 2.75) is 13.8 Å². The summed E-state index contributed by atoms with van der Waals surface area (Å²) in [5, 5.41) is 38.0.